The highest BCUT2D eigenvalue weighted by atomic mass is 16.2. The highest BCUT2D eigenvalue weighted by molar-refractivity contribution is 5.85. The molecular formula is C19H19NO. The molecule has 1 aliphatic carbocycles. The van der Waals surface area contributed by atoms with Gasteiger partial charge in [-0.25, -0.2) is 0 Å². The molecule has 0 atom stereocenters. The van der Waals surface area contributed by atoms with Crippen molar-refractivity contribution in [2.75, 3.05) is 13.1 Å². The number of rotatable bonds is 5. The Morgan fingerprint density at radius 1 is 1.19 bits per heavy atom. The van der Waals surface area contributed by atoms with E-state index in [2.05, 4.69) is 30.2 Å². The van der Waals surface area contributed by atoms with Crippen molar-refractivity contribution in [2.24, 2.45) is 5.92 Å². The van der Waals surface area contributed by atoms with E-state index in [0.29, 0.717) is 18.9 Å². The molecule has 2 heteroatoms. The third-order valence-electron chi connectivity index (χ3n) is 3.98. The summed E-state index contributed by atoms with van der Waals surface area (Å²) in [5.41, 5.74) is 1.05. The fraction of sp³-hybridized carbons (Fsp3) is 0.316. The summed E-state index contributed by atoms with van der Waals surface area (Å²) < 4.78 is 0. The van der Waals surface area contributed by atoms with E-state index in [1.807, 2.05) is 23.1 Å². The number of terminal acetylenes is 1. The molecule has 3 rings (SSSR count). The minimum atomic E-state index is 0.134. The first-order valence-electron chi connectivity index (χ1n) is 7.45. The van der Waals surface area contributed by atoms with Gasteiger partial charge in [0.25, 0.3) is 0 Å². The van der Waals surface area contributed by atoms with Gasteiger partial charge in [-0.15, -0.1) is 6.42 Å². The van der Waals surface area contributed by atoms with Crippen LogP contribution in [-0.4, -0.2) is 23.9 Å². The van der Waals surface area contributed by atoms with Crippen LogP contribution in [0.15, 0.2) is 42.5 Å². The van der Waals surface area contributed by atoms with Crippen LogP contribution in [0.1, 0.15) is 18.4 Å². The van der Waals surface area contributed by atoms with Crippen LogP contribution in [-0.2, 0) is 11.2 Å². The van der Waals surface area contributed by atoms with Crippen LogP contribution < -0.4 is 0 Å². The first kappa shape index (κ1) is 13.7. The van der Waals surface area contributed by atoms with Crippen molar-refractivity contribution < 1.29 is 4.79 Å². The second-order valence-corrected chi connectivity index (χ2v) is 5.78. The highest BCUT2D eigenvalue weighted by Gasteiger charge is 2.26. The fourth-order valence-electron chi connectivity index (χ4n) is 2.61. The van der Waals surface area contributed by atoms with Gasteiger partial charge >= 0.3 is 0 Å². The molecule has 0 aliphatic heterocycles. The standard InChI is InChI=1S/C19H19NO/c1-2-11-20(14-15-7-8-15)19(21)13-16-9-10-17-5-3-4-6-18(17)12-16/h1,3-6,9-10,12,15H,7-8,11,13-14H2. The summed E-state index contributed by atoms with van der Waals surface area (Å²) in [4.78, 5) is 14.3. The van der Waals surface area contributed by atoms with Gasteiger partial charge in [0, 0.05) is 6.54 Å². The maximum atomic E-state index is 12.4. The molecule has 2 aromatic carbocycles. The van der Waals surface area contributed by atoms with Gasteiger partial charge in [-0.2, -0.15) is 0 Å². The third-order valence-corrected chi connectivity index (χ3v) is 3.98. The van der Waals surface area contributed by atoms with Gasteiger partial charge in [0.15, 0.2) is 0 Å². The van der Waals surface area contributed by atoms with E-state index in [9.17, 15) is 4.79 Å². The Labute approximate surface area is 125 Å². The summed E-state index contributed by atoms with van der Waals surface area (Å²) in [7, 11) is 0. The lowest BCUT2D eigenvalue weighted by molar-refractivity contribution is -0.130. The number of fused-ring (bicyclic) bond motifs is 1. The molecule has 0 radical (unpaired) electrons. The van der Waals surface area contributed by atoms with E-state index < -0.39 is 0 Å². The predicted molar refractivity (Wildman–Crippen MR) is 85.8 cm³/mol. The van der Waals surface area contributed by atoms with E-state index in [4.69, 9.17) is 6.42 Å². The third kappa shape index (κ3) is 3.44. The van der Waals surface area contributed by atoms with Crippen molar-refractivity contribution in [2.45, 2.75) is 19.3 Å². The minimum absolute atomic E-state index is 0.134. The lowest BCUT2D eigenvalue weighted by Crippen LogP contribution is -2.34. The van der Waals surface area contributed by atoms with Gasteiger partial charge in [-0.05, 0) is 35.1 Å². The van der Waals surface area contributed by atoms with Crippen LogP contribution in [0.3, 0.4) is 0 Å². The molecule has 1 fully saturated rings. The molecule has 2 aromatic rings. The lowest BCUT2D eigenvalue weighted by atomic mass is 10.0. The number of nitrogens with zero attached hydrogens (tertiary/aromatic N) is 1. The Hall–Kier alpha value is -2.27. The highest BCUT2D eigenvalue weighted by Crippen LogP contribution is 2.29. The van der Waals surface area contributed by atoms with E-state index in [-0.39, 0.29) is 5.91 Å². The Balaban J connectivity index is 1.73. The van der Waals surface area contributed by atoms with Crippen molar-refractivity contribution in [3.05, 3.63) is 48.0 Å². The molecule has 0 spiro atoms. The van der Waals surface area contributed by atoms with Crippen LogP contribution in [0, 0.1) is 18.3 Å². The van der Waals surface area contributed by atoms with Crippen molar-refractivity contribution in [3.8, 4) is 12.3 Å². The molecule has 2 nitrogen and oxygen atoms in total. The first-order chi connectivity index (χ1) is 10.3. The molecule has 0 saturated heterocycles. The molecule has 106 valence electrons. The number of hydrogen-bond acceptors (Lipinski definition) is 1. The second kappa shape index (κ2) is 6.01. The minimum Gasteiger partial charge on any atom is -0.331 e. The van der Waals surface area contributed by atoms with E-state index in [1.165, 1.54) is 23.6 Å². The Kier molecular flexibility index (Phi) is 3.92. The molecule has 0 aromatic heterocycles. The summed E-state index contributed by atoms with van der Waals surface area (Å²) in [6.45, 7) is 1.24. The van der Waals surface area contributed by atoms with E-state index in [1.54, 1.807) is 0 Å². The van der Waals surface area contributed by atoms with Crippen molar-refractivity contribution >= 4 is 16.7 Å². The van der Waals surface area contributed by atoms with Gasteiger partial charge < -0.3 is 4.90 Å². The second-order valence-electron chi connectivity index (χ2n) is 5.78. The summed E-state index contributed by atoms with van der Waals surface area (Å²) in [5.74, 6) is 3.40. The summed E-state index contributed by atoms with van der Waals surface area (Å²) >= 11 is 0. The Morgan fingerprint density at radius 2 is 1.95 bits per heavy atom. The molecular weight excluding hydrogens is 258 g/mol. The summed E-state index contributed by atoms with van der Waals surface area (Å²) in [6.07, 6.45) is 8.27. The van der Waals surface area contributed by atoms with Crippen molar-refractivity contribution in [3.63, 3.8) is 0 Å². The van der Waals surface area contributed by atoms with Gasteiger partial charge in [0.05, 0.1) is 13.0 Å². The van der Waals surface area contributed by atoms with Crippen LogP contribution in [0.4, 0.5) is 0 Å². The zero-order chi connectivity index (χ0) is 14.7. The van der Waals surface area contributed by atoms with Crippen LogP contribution >= 0.6 is 0 Å². The first-order valence-corrected chi connectivity index (χ1v) is 7.45. The molecule has 0 heterocycles. The Bertz CT molecular complexity index is 694. The molecule has 21 heavy (non-hydrogen) atoms. The average molecular weight is 277 g/mol. The SMILES string of the molecule is C#CCN(CC1CC1)C(=O)Cc1ccc2ccccc2c1. The molecule has 0 unspecified atom stereocenters. The molecule has 1 aliphatic rings. The molecule has 0 bridgehead atoms. The predicted octanol–water partition coefficient (Wildman–Crippen LogP) is 3.25. The molecule has 1 saturated carbocycles. The van der Waals surface area contributed by atoms with Gasteiger partial charge in [0.1, 0.15) is 0 Å². The molecule has 0 N–H and O–H groups in total. The van der Waals surface area contributed by atoms with Crippen LogP contribution in [0.5, 0.6) is 0 Å². The van der Waals surface area contributed by atoms with Crippen LogP contribution in [0.2, 0.25) is 0 Å². The van der Waals surface area contributed by atoms with Gasteiger partial charge in [0.2, 0.25) is 5.91 Å². The average Bonchev–Trinajstić information content (AvgIpc) is 3.31. The number of hydrogen-bond donors (Lipinski definition) is 0. The number of carbonyl (C=O) groups is 1. The Morgan fingerprint density at radius 3 is 2.67 bits per heavy atom. The van der Waals surface area contributed by atoms with Crippen LogP contribution in [0.25, 0.3) is 10.8 Å². The summed E-state index contributed by atoms with van der Waals surface area (Å²) in [5, 5.41) is 2.38. The zero-order valence-electron chi connectivity index (χ0n) is 12.1. The van der Waals surface area contributed by atoms with E-state index >= 15 is 0 Å². The van der Waals surface area contributed by atoms with E-state index in [0.717, 1.165) is 12.1 Å². The monoisotopic (exact) mass is 277 g/mol. The zero-order valence-corrected chi connectivity index (χ0v) is 12.1. The normalized spacial score (nSPS) is 13.9. The van der Waals surface area contributed by atoms with Gasteiger partial charge in [-0.1, -0.05) is 48.4 Å². The number of benzene rings is 2. The topological polar surface area (TPSA) is 20.3 Å². The van der Waals surface area contributed by atoms with Crippen molar-refractivity contribution in [1.29, 1.82) is 0 Å². The largest absolute Gasteiger partial charge is 0.331 e. The lowest BCUT2D eigenvalue weighted by Gasteiger charge is -2.20. The summed E-state index contributed by atoms with van der Waals surface area (Å²) in [6, 6.07) is 14.4. The van der Waals surface area contributed by atoms with Gasteiger partial charge in [-0.3, -0.25) is 4.79 Å². The fourth-order valence-corrected chi connectivity index (χ4v) is 2.61. The maximum Gasteiger partial charge on any atom is 0.227 e. The maximum absolute atomic E-state index is 12.4. The smallest absolute Gasteiger partial charge is 0.227 e. The number of carbonyl (C=O) groups excluding carboxylic acids is 1. The molecule has 1 amide bonds. The quantitative estimate of drug-likeness (QED) is 0.768. The van der Waals surface area contributed by atoms with Crippen molar-refractivity contribution in [1.82, 2.24) is 4.90 Å². The number of amides is 1.